The normalized spacial score (nSPS) is 11.2. The van der Waals surface area contributed by atoms with Gasteiger partial charge in [0.05, 0.1) is 4.92 Å². The van der Waals surface area contributed by atoms with E-state index in [1.807, 2.05) is 0 Å². The molecule has 106 valence electrons. The molecular weight excluding hydrogens is 280 g/mol. The van der Waals surface area contributed by atoms with E-state index in [0.717, 1.165) is 0 Å². The summed E-state index contributed by atoms with van der Waals surface area (Å²) in [5.74, 6) is 0.213. The van der Waals surface area contributed by atoms with Crippen LogP contribution in [0.15, 0.2) is 29.3 Å². The molecule has 1 rings (SSSR count). The lowest BCUT2D eigenvalue weighted by atomic mass is 10.3. The molecule has 0 atom stereocenters. The second-order valence-electron chi connectivity index (χ2n) is 2.99. The molecule has 11 heteroatoms. The van der Waals surface area contributed by atoms with Gasteiger partial charge in [-0.25, -0.2) is 0 Å². The van der Waals surface area contributed by atoms with Crippen molar-refractivity contribution in [3.05, 3.63) is 34.4 Å². The van der Waals surface area contributed by atoms with E-state index in [1.54, 1.807) is 12.1 Å². The van der Waals surface area contributed by atoms with Crippen molar-refractivity contribution in [3.63, 3.8) is 0 Å². The first-order valence-electron chi connectivity index (χ1n) is 4.57. The summed E-state index contributed by atoms with van der Waals surface area (Å²) in [5.41, 5.74) is 5.96. The number of nitrogens with zero attached hydrogens (tertiary/aromatic N) is 2. The Labute approximate surface area is 108 Å². The number of aliphatic imine (C=N–C) groups is 1. The highest BCUT2D eigenvalue weighted by atomic mass is 32.3. The molecule has 0 aliphatic rings. The summed E-state index contributed by atoms with van der Waals surface area (Å²) >= 11 is 0. The summed E-state index contributed by atoms with van der Waals surface area (Å²) in [4.78, 5) is 13.6. The van der Waals surface area contributed by atoms with Crippen molar-refractivity contribution < 1.29 is 22.4 Å². The molecule has 1 aromatic carbocycles. The van der Waals surface area contributed by atoms with E-state index in [0.29, 0.717) is 5.69 Å². The fraction of sp³-hybridized carbons (Fsp3) is 0.125. The largest absolute Gasteiger partial charge is 0.394 e. The highest BCUT2D eigenvalue weighted by molar-refractivity contribution is 7.79. The molecule has 0 spiro atoms. The number of nitrogens with two attached hydrogens (primary N) is 1. The average Bonchev–Trinajstić information content (AvgIpc) is 2.27. The summed E-state index contributed by atoms with van der Waals surface area (Å²) in [5, 5.41) is 13.1. The Balaban J connectivity index is 0.000000555. The molecule has 0 amide bonds. The van der Waals surface area contributed by atoms with Gasteiger partial charge in [-0.2, -0.15) is 8.42 Å². The fourth-order valence-corrected chi connectivity index (χ4v) is 0.901. The topological polar surface area (TPSA) is 168 Å². The van der Waals surface area contributed by atoms with Crippen molar-refractivity contribution in [2.75, 3.05) is 12.4 Å². The van der Waals surface area contributed by atoms with E-state index in [2.05, 4.69) is 10.3 Å². The van der Waals surface area contributed by atoms with Crippen LogP contribution in [0.2, 0.25) is 0 Å². The molecule has 10 nitrogen and oxygen atoms in total. The summed E-state index contributed by atoms with van der Waals surface area (Å²) in [6.45, 7) is 0. The zero-order valence-corrected chi connectivity index (χ0v) is 10.5. The Morgan fingerprint density at radius 3 is 2.42 bits per heavy atom. The molecule has 0 unspecified atom stereocenters. The minimum absolute atomic E-state index is 0.0129. The predicted molar refractivity (Wildman–Crippen MR) is 68.4 cm³/mol. The molecule has 0 aliphatic carbocycles. The van der Waals surface area contributed by atoms with Gasteiger partial charge in [0.2, 0.25) is 0 Å². The molecule has 5 N–H and O–H groups in total. The Morgan fingerprint density at radius 1 is 1.47 bits per heavy atom. The fourth-order valence-electron chi connectivity index (χ4n) is 0.901. The number of nitro groups is 1. The molecule has 0 radical (unpaired) electrons. The van der Waals surface area contributed by atoms with Crippen LogP contribution < -0.4 is 11.1 Å². The standard InChI is InChI=1S/C8H10N4O2.H2O4S/c1-10-8(9)11-6-3-2-4-7(5-6)12(13)14;1-5(2,3)4/h2-5H,1H3,(H3,9,10,11);(H2,1,2,3,4). The van der Waals surface area contributed by atoms with Crippen molar-refractivity contribution in [1.82, 2.24) is 0 Å². The van der Waals surface area contributed by atoms with Crippen LogP contribution in [0.25, 0.3) is 0 Å². The van der Waals surface area contributed by atoms with Crippen molar-refractivity contribution in [2.45, 2.75) is 0 Å². The van der Waals surface area contributed by atoms with Gasteiger partial charge in [0.25, 0.3) is 5.69 Å². The van der Waals surface area contributed by atoms with Crippen LogP contribution in [0.1, 0.15) is 0 Å². The van der Waals surface area contributed by atoms with E-state index in [1.165, 1.54) is 19.2 Å². The van der Waals surface area contributed by atoms with E-state index >= 15 is 0 Å². The van der Waals surface area contributed by atoms with Gasteiger partial charge < -0.3 is 11.1 Å². The smallest absolute Gasteiger partial charge is 0.370 e. The van der Waals surface area contributed by atoms with Crippen LogP contribution in [0.5, 0.6) is 0 Å². The Morgan fingerprint density at radius 2 is 2.00 bits per heavy atom. The van der Waals surface area contributed by atoms with Gasteiger partial charge in [0, 0.05) is 24.9 Å². The lowest BCUT2D eigenvalue weighted by Crippen LogP contribution is -2.21. The maximum Gasteiger partial charge on any atom is 0.394 e. The number of hydrogen-bond acceptors (Lipinski definition) is 5. The van der Waals surface area contributed by atoms with Gasteiger partial charge in [-0.1, -0.05) is 6.07 Å². The zero-order chi connectivity index (χ0) is 15.1. The quantitative estimate of drug-likeness (QED) is 0.198. The van der Waals surface area contributed by atoms with Crippen LogP contribution in [0, 0.1) is 10.1 Å². The maximum atomic E-state index is 10.4. The SMILES string of the molecule is CN=C(N)Nc1cccc([N+](=O)[O-])c1.O=S(=O)(O)O. The average molecular weight is 292 g/mol. The number of nitro benzene ring substituents is 1. The monoisotopic (exact) mass is 292 g/mol. The number of nitrogens with one attached hydrogen (secondary N) is 1. The highest BCUT2D eigenvalue weighted by Crippen LogP contribution is 2.16. The number of benzene rings is 1. The van der Waals surface area contributed by atoms with Gasteiger partial charge >= 0.3 is 10.4 Å². The second-order valence-corrected chi connectivity index (χ2v) is 3.88. The summed E-state index contributed by atoms with van der Waals surface area (Å²) in [6.07, 6.45) is 0. The van der Waals surface area contributed by atoms with Crippen molar-refractivity contribution in [1.29, 1.82) is 0 Å². The second kappa shape index (κ2) is 7.25. The van der Waals surface area contributed by atoms with Crippen LogP contribution in [0.4, 0.5) is 11.4 Å². The van der Waals surface area contributed by atoms with E-state index in [-0.39, 0.29) is 11.6 Å². The minimum atomic E-state index is -4.67. The van der Waals surface area contributed by atoms with E-state index < -0.39 is 15.3 Å². The molecule has 0 heterocycles. The van der Waals surface area contributed by atoms with Gasteiger partial charge in [-0.05, 0) is 6.07 Å². The van der Waals surface area contributed by atoms with E-state index in [4.69, 9.17) is 23.3 Å². The zero-order valence-electron chi connectivity index (χ0n) is 9.72. The lowest BCUT2D eigenvalue weighted by Gasteiger charge is -2.03. The molecule has 0 aromatic heterocycles. The lowest BCUT2D eigenvalue weighted by molar-refractivity contribution is -0.384. The summed E-state index contributed by atoms with van der Waals surface area (Å²) in [6, 6.07) is 6.04. The van der Waals surface area contributed by atoms with Gasteiger partial charge in [0.15, 0.2) is 5.96 Å². The van der Waals surface area contributed by atoms with Gasteiger partial charge in [0.1, 0.15) is 0 Å². The summed E-state index contributed by atoms with van der Waals surface area (Å²) in [7, 11) is -3.14. The number of non-ortho nitro benzene ring substituents is 1. The molecule has 0 aliphatic heterocycles. The van der Waals surface area contributed by atoms with Crippen molar-refractivity contribution in [3.8, 4) is 0 Å². The molecule has 0 bridgehead atoms. The maximum absolute atomic E-state index is 10.4. The third-order valence-electron chi connectivity index (χ3n) is 1.57. The number of anilines is 1. The number of guanidine groups is 1. The third kappa shape index (κ3) is 9.46. The minimum Gasteiger partial charge on any atom is -0.370 e. The molecule has 1 aromatic rings. The molecular formula is C8H12N4O6S. The van der Waals surface area contributed by atoms with Gasteiger partial charge in [-0.3, -0.25) is 24.2 Å². The molecule has 0 saturated heterocycles. The van der Waals surface area contributed by atoms with Crippen molar-refractivity contribution >= 4 is 27.7 Å². The first kappa shape index (κ1) is 16.8. The van der Waals surface area contributed by atoms with Gasteiger partial charge in [-0.15, -0.1) is 0 Å². The highest BCUT2D eigenvalue weighted by Gasteiger charge is 2.05. The van der Waals surface area contributed by atoms with Crippen LogP contribution in [0.3, 0.4) is 0 Å². The number of hydrogen-bond donors (Lipinski definition) is 4. The number of rotatable bonds is 2. The molecule has 19 heavy (non-hydrogen) atoms. The van der Waals surface area contributed by atoms with E-state index in [9.17, 15) is 10.1 Å². The molecule has 0 fully saturated rings. The van der Waals surface area contributed by atoms with Crippen LogP contribution in [-0.4, -0.2) is 35.5 Å². The third-order valence-corrected chi connectivity index (χ3v) is 1.57. The van der Waals surface area contributed by atoms with Crippen LogP contribution in [-0.2, 0) is 10.4 Å². The van der Waals surface area contributed by atoms with Crippen LogP contribution >= 0.6 is 0 Å². The molecule has 0 saturated carbocycles. The summed E-state index contributed by atoms with van der Waals surface area (Å²) < 4.78 is 31.6. The Hall–Kier alpha value is -2.24. The Kier molecular flexibility index (Phi) is 6.40. The Bertz CT molecular complexity index is 562. The van der Waals surface area contributed by atoms with Crippen molar-refractivity contribution in [2.24, 2.45) is 10.7 Å². The first-order chi connectivity index (χ1) is 8.63. The predicted octanol–water partition coefficient (Wildman–Crippen LogP) is 0.298. The first-order valence-corrected chi connectivity index (χ1v) is 5.97.